The average molecular weight is 278 g/mol. The van der Waals surface area contributed by atoms with Gasteiger partial charge in [-0.1, -0.05) is 13.8 Å². The van der Waals surface area contributed by atoms with Gasteiger partial charge >= 0.3 is 6.09 Å². The molecule has 20 heavy (non-hydrogen) atoms. The van der Waals surface area contributed by atoms with Gasteiger partial charge in [-0.2, -0.15) is 0 Å². The Labute approximate surface area is 117 Å². The van der Waals surface area contributed by atoms with Crippen LogP contribution in [0.25, 0.3) is 10.9 Å². The van der Waals surface area contributed by atoms with Crippen LogP contribution in [0, 0.1) is 5.82 Å². The summed E-state index contributed by atoms with van der Waals surface area (Å²) in [7, 11) is 0. The summed E-state index contributed by atoms with van der Waals surface area (Å²) in [4.78, 5) is 14.5. The van der Waals surface area contributed by atoms with Crippen LogP contribution in [0.1, 0.15) is 26.3 Å². The van der Waals surface area contributed by atoms with Crippen molar-refractivity contribution in [1.82, 2.24) is 10.3 Å². The molecule has 0 aliphatic carbocycles. The van der Waals surface area contributed by atoms with Crippen LogP contribution in [0.15, 0.2) is 24.4 Å². The molecule has 0 aliphatic heterocycles. The number of halogens is 1. The van der Waals surface area contributed by atoms with Gasteiger partial charge in [-0.3, -0.25) is 0 Å². The fourth-order valence-corrected chi connectivity index (χ4v) is 2.22. The molecule has 1 aromatic heterocycles. The molecule has 0 saturated heterocycles. The molecule has 0 atom stereocenters. The van der Waals surface area contributed by atoms with Crippen LogP contribution < -0.4 is 5.32 Å². The first-order valence-electron chi connectivity index (χ1n) is 6.62. The highest BCUT2D eigenvalue weighted by atomic mass is 19.1. The summed E-state index contributed by atoms with van der Waals surface area (Å²) in [5.74, 6) is -0.271. The van der Waals surface area contributed by atoms with E-state index in [1.54, 1.807) is 13.0 Å². The van der Waals surface area contributed by atoms with Gasteiger partial charge in [-0.15, -0.1) is 0 Å². The highest BCUT2D eigenvalue weighted by molar-refractivity contribution is 5.84. The predicted octanol–water partition coefficient (Wildman–Crippen LogP) is 3.33. The lowest BCUT2D eigenvalue weighted by Gasteiger charge is -2.24. The van der Waals surface area contributed by atoms with Crippen molar-refractivity contribution in [3.63, 3.8) is 0 Å². The molecule has 0 radical (unpaired) electrons. The van der Waals surface area contributed by atoms with Crippen molar-refractivity contribution in [3.8, 4) is 0 Å². The number of nitrogens with one attached hydrogen (secondary N) is 2. The Balaban J connectivity index is 2.22. The molecule has 0 bridgehead atoms. The van der Waals surface area contributed by atoms with E-state index < -0.39 is 6.09 Å². The van der Waals surface area contributed by atoms with Gasteiger partial charge in [0.1, 0.15) is 5.82 Å². The van der Waals surface area contributed by atoms with Crippen LogP contribution in [-0.4, -0.2) is 24.2 Å². The van der Waals surface area contributed by atoms with E-state index in [9.17, 15) is 9.18 Å². The van der Waals surface area contributed by atoms with E-state index >= 15 is 0 Å². The lowest BCUT2D eigenvalue weighted by atomic mass is 9.84. The number of amides is 1. The molecule has 4 nitrogen and oxygen atoms in total. The SMILES string of the molecule is CCOC(=O)NCC(C)(C)c1c[nH]c2ccc(F)cc12. The molecule has 0 saturated carbocycles. The minimum absolute atomic E-state index is 0.271. The van der Waals surface area contributed by atoms with Crippen molar-refractivity contribution in [2.24, 2.45) is 0 Å². The van der Waals surface area contributed by atoms with Crippen molar-refractivity contribution in [1.29, 1.82) is 0 Å². The third-order valence-electron chi connectivity index (χ3n) is 3.32. The second-order valence-corrected chi connectivity index (χ2v) is 5.35. The minimum Gasteiger partial charge on any atom is -0.450 e. The number of rotatable bonds is 4. The first-order valence-corrected chi connectivity index (χ1v) is 6.62. The van der Waals surface area contributed by atoms with Gasteiger partial charge in [0.15, 0.2) is 0 Å². The second-order valence-electron chi connectivity index (χ2n) is 5.35. The van der Waals surface area contributed by atoms with Crippen molar-refractivity contribution >= 4 is 17.0 Å². The Kier molecular flexibility index (Phi) is 3.97. The molecule has 2 N–H and O–H groups in total. The quantitative estimate of drug-likeness (QED) is 0.901. The second kappa shape index (κ2) is 5.53. The molecule has 1 amide bonds. The Hall–Kier alpha value is -2.04. The zero-order valence-corrected chi connectivity index (χ0v) is 11.9. The van der Waals surface area contributed by atoms with Gasteiger partial charge in [-0.05, 0) is 30.7 Å². The van der Waals surface area contributed by atoms with Gasteiger partial charge in [0.2, 0.25) is 0 Å². The van der Waals surface area contributed by atoms with E-state index in [1.165, 1.54) is 12.1 Å². The maximum absolute atomic E-state index is 13.4. The number of carbonyl (C=O) groups excluding carboxylic acids is 1. The van der Waals surface area contributed by atoms with Crippen LogP contribution in [0.3, 0.4) is 0 Å². The van der Waals surface area contributed by atoms with Gasteiger partial charge < -0.3 is 15.0 Å². The molecule has 108 valence electrons. The number of aromatic nitrogens is 1. The molecule has 1 heterocycles. The lowest BCUT2D eigenvalue weighted by molar-refractivity contribution is 0.150. The fourth-order valence-electron chi connectivity index (χ4n) is 2.22. The van der Waals surface area contributed by atoms with Gasteiger partial charge in [-0.25, -0.2) is 9.18 Å². The Morgan fingerprint density at radius 2 is 2.20 bits per heavy atom. The van der Waals surface area contributed by atoms with Crippen molar-refractivity contribution < 1.29 is 13.9 Å². The number of hydrogen-bond donors (Lipinski definition) is 2. The molecule has 0 fully saturated rings. The van der Waals surface area contributed by atoms with E-state index in [0.29, 0.717) is 13.2 Å². The van der Waals surface area contributed by atoms with E-state index in [0.717, 1.165) is 16.5 Å². The summed E-state index contributed by atoms with van der Waals surface area (Å²) in [6, 6.07) is 4.64. The van der Waals surface area contributed by atoms with Gasteiger partial charge in [0, 0.05) is 29.1 Å². The third kappa shape index (κ3) is 2.92. The van der Waals surface area contributed by atoms with E-state index in [4.69, 9.17) is 4.74 Å². The van der Waals surface area contributed by atoms with Gasteiger partial charge in [0.25, 0.3) is 0 Å². The topological polar surface area (TPSA) is 54.1 Å². The number of hydrogen-bond acceptors (Lipinski definition) is 2. The number of fused-ring (bicyclic) bond motifs is 1. The molecule has 0 aliphatic rings. The summed E-state index contributed by atoms with van der Waals surface area (Å²) in [6.07, 6.45) is 1.42. The summed E-state index contributed by atoms with van der Waals surface area (Å²) < 4.78 is 18.2. The molecule has 1 aromatic carbocycles. The molecule has 0 spiro atoms. The number of benzene rings is 1. The fraction of sp³-hybridized carbons (Fsp3) is 0.400. The lowest BCUT2D eigenvalue weighted by Crippen LogP contribution is -2.36. The monoisotopic (exact) mass is 278 g/mol. The molecule has 0 unspecified atom stereocenters. The zero-order chi connectivity index (χ0) is 14.8. The Morgan fingerprint density at radius 1 is 1.45 bits per heavy atom. The van der Waals surface area contributed by atoms with Crippen molar-refractivity contribution in [2.75, 3.05) is 13.2 Å². The number of carbonyl (C=O) groups is 1. The van der Waals surface area contributed by atoms with Crippen LogP contribution in [-0.2, 0) is 10.2 Å². The minimum atomic E-state index is -0.438. The first kappa shape index (κ1) is 14.4. The summed E-state index contributed by atoms with van der Waals surface area (Å²) >= 11 is 0. The summed E-state index contributed by atoms with van der Waals surface area (Å²) in [5.41, 5.74) is 1.51. The number of ether oxygens (including phenoxy) is 1. The number of H-pyrrole nitrogens is 1. The Morgan fingerprint density at radius 3 is 2.90 bits per heavy atom. The van der Waals surface area contributed by atoms with Crippen molar-refractivity contribution in [3.05, 3.63) is 35.8 Å². The van der Waals surface area contributed by atoms with Crippen LogP contribution in [0.4, 0.5) is 9.18 Å². The standard InChI is InChI=1S/C15H19FN2O2/c1-4-20-14(19)18-9-15(2,3)12-8-17-13-6-5-10(16)7-11(12)13/h5-8,17H,4,9H2,1-3H3,(H,18,19). The van der Waals surface area contributed by atoms with Crippen molar-refractivity contribution in [2.45, 2.75) is 26.2 Å². The summed E-state index contributed by atoms with van der Waals surface area (Å²) in [6.45, 7) is 6.49. The zero-order valence-electron chi connectivity index (χ0n) is 11.9. The van der Waals surface area contributed by atoms with Gasteiger partial charge in [0.05, 0.1) is 6.61 Å². The number of aromatic amines is 1. The third-order valence-corrected chi connectivity index (χ3v) is 3.32. The van der Waals surface area contributed by atoms with E-state index in [2.05, 4.69) is 10.3 Å². The molecule has 2 rings (SSSR count). The first-order chi connectivity index (χ1) is 9.44. The molecular formula is C15H19FN2O2. The molecule has 2 aromatic rings. The van der Waals surface area contributed by atoms with E-state index in [1.807, 2.05) is 20.0 Å². The molecular weight excluding hydrogens is 259 g/mol. The Bertz CT molecular complexity index is 619. The normalized spacial score (nSPS) is 11.6. The van der Waals surface area contributed by atoms with Crippen LogP contribution in [0.2, 0.25) is 0 Å². The van der Waals surface area contributed by atoms with E-state index in [-0.39, 0.29) is 11.2 Å². The summed E-state index contributed by atoms with van der Waals surface area (Å²) in [5, 5.41) is 3.56. The number of alkyl carbamates (subject to hydrolysis) is 1. The smallest absolute Gasteiger partial charge is 0.407 e. The van der Waals surface area contributed by atoms with Crippen LogP contribution >= 0.6 is 0 Å². The highest BCUT2D eigenvalue weighted by Gasteiger charge is 2.25. The largest absolute Gasteiger partial charge is 0.450 e. The average Bonchev–Trinajstić information content (AvgIpc) is 2.80. The highest BCUT2D eigenvalue weighted by Crippen LogP contribution is 2.30. The van der Waals surface area contributed by atoms with Crippen LogP contribution in [0.5, 0.6) is 0 Å². The predicted molar refractivity (Wildman–Crippen MR) is 76.3 cm³/mol. The maximum Gasteiger partial charge on any atom is 0.407 e. The molecule has 5 heteroatoms. The maximum atomic E-state index is 13.4.